The minimum Gasteiger partial charge on any atom is -0.462 e. The molecule has 33 heavy (non-hydrogen) atoms. The Labute approximate surface area is 191 Å². The van der Waals surface area contributed by atoms with Crippen LogP contribution in [0.3, 0.4) is 0 Å². The van der Waals surface area contributed by atoms with Crippen LogP contribution in [-0.4, -0.2) is 36.2 Å². The number of hydrogen-bond donors (Lipinski definition) is 0. The van der Waals surface area contributed by atoms with E-state index in [2.05, 4.69) is 5.16 Å². The summed E-state index contributed by atoms with van der Waals surface area (Å²) in [6, 6.07) is 14.7. The molecule has 1 saturated heterocycles. The van der Waals surface area contributed by atoms with Crippen LogP contribution in [0.2, 0.25) is 0 Å². The molecule has 2 saturated carbocycles. The Morgan fingerprint density at radius 2 is 1.67 bits per heavy atom. The van der Waals surface area contributed by atoms with Crippen LogP contribution in [0.1, 0.15) is 34.8 Å². The van der Waals surface area contributed by atoms with Crippen LogP contribution in [0.5, 0.6) is 0 Å². The number of nitrogens with zero attached hydrogens (tertiary/aromatic N) is 2. The van der Waals surface area contributed by atoms with Crippen molar-refractivity contribution in [2.75, 3.05) is 11.5 Å². The van der Waals surface area contributed by atoms with Gasteiger partial charge in [-0.1, -0.05) is 35.0 Å². The van der Waals surface area contributed by atoms with Gasteiger partial charge in [0.1, 0.15) is 6.10 Å². The van der Waals surface area contributed by atoms with Crippen LogP contribution >= 0.6 is 0 Å². The van der Waals surface area contributed by atoms with E-state index in [1.807, 2.05) is 31.2 Å². The number of esters is 1. The third kappa shape index (κ3) is 2.81. The van der Waals surface area contributed by atoms with Gasteiger partial charge in [-0.3, -0.25) is 14.5 Å². The molecule has 2 aromatic carbocycles. The van der Waals surface area contributed by atoms with E-state index in [4.69, 9.17) is 9.57 Å². The summed E-state index contributed by atoms with van der Waals surface area (Å²) in [5, 5.41) is 4.39. The quantitative estimate of drug-likeness (QED) is 0.533. The molecule has 0 unspecified atom stereocenters. The number of imide groups is 1. The number of aryl methyl sites for hydroxylation is 1. The first-order valence-corrected chi connectivity index (χ1v) is 11.5. The lowest BCUT2D eigenvalue weighted by Crippen LogP contribution is -2.41. The Morgan fingerprint density at radius 1 is 1.00 bits per heavy atom. The van der Waals surface area contributed by atoms with E-state index in [1.165, 1.54) is 10.5 Å². The zero-order chi connectivity index (χ0) is 22.9. The van der Waals surface area contributed by atoms with Gasteiger partial charge in [0.25, 0.3) is 0 Å². The predicted octanol–water partition coefficient (Wildman–Crippen LogP) is 3.35. The summed E-state index contributed by atoms with van der Waals surface area (Å²) < 4.78 is 5.02. The molecule has 0 spiro atoms. The van der Waals surface area contributed by atoms with E-state index in [0.717, 1.165) is 17.7 Å². The van der Waals surface area contributed by atoms with Crippen LogP contribution < -0.4 is 4.90 Å². The van der Waals surface area contributed by atoms with Gasteiger partial charge in [-0.2, -0.15) is 0 Å². The standard InChI is InChI=1S/C26H24N2O5/c1-3-32-26(31)15-8-10-16(11-9-15)28-24(29)19-17-12-18(20(19)25(28)30)23-21(17)22(27-33-23)14-6-4-13(2)5-7-14/h4-11,17-21,23H,3,12H2,1-2H3/t17-,18-,19+,20-,21-,23-/m1/s1. The van der Waals surface area contributed by atoms with Gasteiger partial charge in [0, 0.05) is 11.8 Å². The number of carbonyl (C=O) groups excluding carboxylic acids is 3. The second kappa shape index (κ2) is 7.27. The number of benzene rings is 2. The molecular formula is C26H24N2O5. The molecule has 168 valence electrons. The molecule has 2 aliphatic heterocycles. The van der Waals surface area contributed by atoms with Gasteiger partial charge < -0.3 is 9.57 Å². The first kappa shape index (κ1) is 20.1. The van der Waals surface area contributed by atoms with Crippen molar-refractivity contribution < 1.29 is 24.0 Å². The Balaban J connectivity index is 1.28. The molecule has 2 aliphatic carbocycles. The molecule has 3 fully saturated rings. The zero-order valence-electron chi connectivity index (χ0n) is 18.4. The predicted molar refractivity (Wildman–Crippen MR) is 120 cm³/mol. The third-order valence-electron chi connectivity index (χ3n) is 7.67. The SMILES string of the molecule is CCOC(=O)c1ccc(N2C(=O)[C@@H]3[C@H]4C[C@@H]([C@@H]5C(c6ccc(C)cc6)=NO[C@H]45)[C@@H]3C2=O)cc1. The number of oxime groups is 1. The molecule has 0 aromatic heterocycles. The molecule has 0 N–H and O–H groups in total. The normalized spacial score (nSPS) is 31.3. The molecular weight excluding hydrogens is 420 g/mol. The average Bonchev–Trinajstić information content (AvgIpc) is 3.55. The fourth-order valence-corrected chi connectivity index (χ4v) is 6.30. The lowest BCUT2D eigenvalue weighted by atomic mass is 9.71. The van der Waals surface area contributed by atoms with Crippen molar-refractivity contribution in [1.82, 2.24) is 0 Å². The van der Waals surface area contributed by atoms with Crippen molar-refractivity contribution in [3.63, 3.8) is 0 Å². The van der Waals surface area contributed by atoms with Crippen LogP contribution in [0.15, 0.2) is 53.7 Å². The lowest BCUT2D eigenvalue weighted by Gasteiger charge is -2.29. The summed E-state index contributed by atoms with van der Waals surface area (Å²) in [5.41, 5.74) is 3.96. The molecule has 7 nitrogen and oxygen atoms in total. The van der Waals surface area contributed by atoms with Crippen LogP contribution in [0.25, 0.3) is 0 Å². The first-order valence-electron chi connectivity index (χ1n) is 11.5. The van der Waals surface area contributed by atoms with E-state index in [1.54, 1.807) is 31.2 Å². The van der Waals surface area contributed by atoms with Crippen molar-refractivity contribution in [2.24, 2.45) is 34.7 Å². The lowest BCUT2D eigenvalue weighted by molar-refractivity contribution is -0.125. The van der Waals surface area contributed by atoms with Gasteiger partial charge in [0.2, 0.25) is 11.8 Å². The second-order valence-corrected chi connectivity index (χ2v) is 9.33. The number of ether oxygens (including phenoxy) is 1. The van der Waals surface area contributed by atoms with Gasteiger partial charge in [0.05, 0.1) is 35.4 Å². The van der Waals surface area contributed by atoms with Crippen molar-refractivity contribution in [2.45, 2.75) is 26.4 Å². The second-order valence-electron chi connectivity index (χ2n) is 9.33. The van der Waals surface area contributed by atoms with Crippen LogP contribution in [0.4, 0.5) is 5.69 Å². The number of anilines is 1. The molecule has 2 bridgehead atoms. The van der Waals surface area contributed by atoms with Crippen LogP contribution in [0, 0.1) is 36.5 Å². The fraction of sp³-hybridized carbons (Fsp3) is 0.385. The molecule has 7 heteroatoms. The summed E-state index contributed by atoms with van der Waals surface area (Å²) in [4.78, 5) is 46.0. The van der Waals surface area contributed by atoms with Crippen molar-refractivity contribution >= 4 is 29.2 Å². The Hall–Kier alpha value is -3.48. The van der Waals surface area contributed by atoms with Crippen molar-refractivity contribution in [3.8, 4) is 0 Å². The average molecular weight is 444 g/mol. The minimum atomic E-state index is -0.425. The summed E-state index contributed by atoms with van der Waals surface area (Å²) >= 11 is 0. The first-order chi connectivity index (χ1) is 16.0. The number of carbonyl (C=O) groups is 3. The highest BCUT2D eigenvalue weighted by molar-refractivity contribution is 6.23. The largest absolute Gasteiger partial charge is 0.462 e. The van der Waals surface area contributed by atoms with Crippen molar-refractivity contribution in [3.05, 3.63) is 65.2 Å². The van der Waals surface area contributed by atoms with Gasteiger partial charge in [0.15, 0.2) is 0 Å². The van der Waals surface area contributed by atoms with Crippen molar-refractivity contribution in [1.29, 1.82) is 0 Å². The number of rotatable bonds is 4. The highest BCUT2D eigenvalue weighted by Gasteiger charge is 2.70. The zero-order valence-corrected chi connectivity index (χ0v) is 18.4. The molecule has 2 amide bonds. The number of fused-ring (bicyclic) bond motifs is 8. The molecule has 6 atom stereocenters. The maximum Gasteiger partial charge on any atom is 0.338 e. The maximum atomic E-state index is 13.5. The minimum absolute atomic E-state index is 0.0167. The molecule has 4 aliphatic rings. The topological polar surface area (TPSA) is 85.3 Å². The Bertz CT molecular complexity index is 1190. The number of amides is 2. The van der Waals surface area contributed by atoms with Gasteiger partial charge in [-0.15, -0.1) is 0 Å². The van der Waals surface area contributed by atoms with Gasteiger partial charge in [-0.25, -0.2) is 4.79 Å². The molecule has 0 radical (unpaired) electrons. The number of hydrogen-bond acceptors (Lipinski definition) is 6. The molecule has 2 heterocycles. The monoisotopic (exact) mass is 444 g/mol. The summed E-state index contributed by atoms with van der Waals surface area (Å²) in [7, 11) is 0. The third-order valence-corrected chi connectivity index (χ3v) is 7.67. The van der Waals surface area contributed by atoms with Gasteiger partial charge in [-0.05, 0) is 56.0 Å². The van der Waals surface area contributed by atoms with Gasteiger partial charge >= 0.3 is 5.97 Å². The summed E-state index contributed by atoms with van der Waals surface area (Å²) in [6.07, 6.45) is 0.651. The van der Waals surface area contributed by atoms with Crippen LogP contribution in [-0.2, 0) is 19.2 Å². The summed E-state index contributed by atoms with van der Waals surface area (Å²) in [5.74, 6) is -1.44. The molecule has 2 aromatic rings. The highest BCUT2D eigenvalue weighted by atomic mass is 16.6. The Morgan fingerprint density at radius 3 is 2.33 bits per heavy atom. The smallest absolute Gasteiger partial charge is 0.338 e. The van der Waals surface area contributed by atoms with E-state index in [0.29, 0.717) is 11.3 Å². The summed E-state index contributed by atoms with van der Waals surface area (Å²) in [6.45, 7) is 4.07. The Kier molecular flexibility index (Phi) is 4.44. The van der Waals surface area contributed by atoms with E-state index in [-0.39, 0.29) is 54.1 Å². The van der Waals surface area contributed by atoms with E-state index in [9.17, 15) is 14.4 Å². The highest BCUT2D eigenvalue weighted by Crippen LogP contribution is 2.62. The fourth-order valence-electron chi connectivity index (χ4n) is 6.30. The van der Waals surface area contributed by atoms with E-state index < -0.39 is 5.97 Å². The maximum absolute atomic E-state index is 13.5. The van der Waals surface area contributed by atoms with E-state index >= 15 is 0 Å². The molecule has 6 rings (SSSR count).